The van der Waals surface area contributed by atoms with E-state index in [1.54, 1.807) is 0 Å². The summed E-state index contributed by atoms with van der Waals surface area (Å²) in [4.78, 5) is 2.15. The minimum absolute atomic E-state index is 0.409. The Labute approximate surface area is 119 Å². The zero-order valence-electron chi connectivity index (χ0n) is 12.0. The van der Waals surface area contributed by atoms with E-state index < -0.39 is 0 Å². The quantitative estimate of drug-likeness (QED) is 0.924. The van der Waals surface area contributed by atoms with E-state index in [-0.39, 0.29) is 0 Å². The Morgan fingerprint density at radius 2 is 2.05 bits per heavy atom. The molecule has 0 amide bonds. The van der Waals surface area contributed by atoms with Crippen LogP contribution in [0.1, 0.15) is 30.9 Å². The average molecular weight is 272 g/mol. The fourth-order valence-corrected chi connectivity index (χ4v) is 2.39. The van der Waals surface area contributed by atoms with Crippen LogP contribution in [0.3, 0.4) is 0 Å². The fourth-order valence-electron chi connectivity index (χ4n) is 2.39. The van der Waals surface area contributed by atoms with E-state index in [9.17, 15) is 0 Å². The Morgan fingerprint density at radius 3 is 2.85 bits per heavy atom. The molecule has 0 saturated carbocycles. The topological polar surface area (TPSA) is 54.2 Å². The summed E-state index contributed by atoms with van der Waals surface area (Å²) < 4.78 is 5.73. The maximum absolute atomic E-state index is 5.73. The van der Waals surface area contributed by atoms with Crippen molar-refractivity contribution < 1.29 is 4.42 Å². The van der Waals surface area contributed by atoms with Crippen molar-refractivity contribution in [3.63, 3.8) is 0 Å². The van der Waals surface area contributed by atoms with Gasteiger partial charge in [-0.25, -0.2) is 0 Å². The third-order valence-electron chi connectivity index (χ3n) is 3.52. The minimum Gasteiger partial charge on any atom is -0.407 e. The fraction of sp³-hybridized carbons (Fsp3) is 0.467. The predicted molar refractivity (Wildman–Crippen MR) is 77.5 cm³/mol. The normalized spacial score (nSPS) is 14.7. The van der Waals surface area contributed by atoms with E-state index in [2.05, 4.69) is 58.5 Å². The van der Waals surface area contributed by atoms with Gasteiger partial charge >= 0.3 is 6.01 Å². The molecule has 0 saturated heterocycles. The summed E-state index contributed by atoms with van der Waals surface area (Å²) in [7, 11) is 0. The Hall–Kier alpha value is -1.88. The van der Waals surface area contributed by atoms with Crippen LogP contribution in [0.2, 0.25) is 0 Å². The van der Waals surface area contributed by atoms with E-state index in [1.807, 2.05) is 0 Å². The molecule has 2 heterocycles. The first-order valence-corrected chi connectivity index (χ1v) is 7.10. The van der Waals surface area contributed by atoms with Crippen LogP contribution in [0.25, 0.3) is 0 Å². The molecule has 1 aromatic heterocycles. The second-order valence-electron chi connectivity index (χ2n) is 5.45. The molecule has 1 aromatic carbocycles. The molecule has 1 aliphatic rings. The largest absolute Gasteiger partial charge is 0.407 e. The summed E-state index contributed by atoms with van der Waals surface area (Å²) in [6.45, 7) is 6.58. The molecule has 106 valence electrons. The third kappa shape index (κ3) is 2.82. The van der Waals surface area contributed by atoms with Crippen molar-refractivity contribution in [2.45, 2.75) is 39.4 Å². The molecule has 5 heteroatoms. The van der Waals surface area contributed by atoms with Crippen LogP contribution in [0.5, 0.6) is 0 Å². The highest BCUT2D eigenvalue weighted by atomic mass is 16.4. The number of aromatic nitrogens is 2. The molecular weight excluding hydrogens is 252 g/mol. The second kappa shape index (κ2) is 5.63. The van der Waals surface area contributed by atoms with Gasteiger partial charge in [0, 0.05) is 19.1 Å². The molecule has 0 unspecified atom stereocenters. The predicted octanol–water partition coefficient (Wildman–Crippen LogP) is 2.13. The molecule has 0 fully saturated rings. The van der Waals surface area contributed by atoms with Crippen LogP contribution < -0.4 is 10.2 Å². The van der Waals surface area contributed by atoms with Gasteiger partial charge < -0.3 is 14.6 Å². The van der Waals surface area contributed by atoms with Gasteiger partial charge in [0.05, 0.1) is 6.54 Å². The zero-order valence-corrected chi connectivity index (χ0v) is 12.0. The molecule has 5 nitrogen and oxygen atoms in total. The molecule has 1 aliphatic heterocycles. The SMILES string of the molecule is CC(C)NCc1nnc(N2CCc3ccccc3C2)o1. The minimum atomic E-state index is 0.409. The van der Waals surface area contributed by atoms with E-state index in [4.69, 9.17) is 4.42 Å². The number of anilines is 1. The lowest BCUT2D eigenvalue weighted by molar-refractivity contribution is 0.443. The standard InChI is InChI=1S/C15H20N4O/c1-11(2)16-9-14-17-18-15(20-14)19-8-7-12-5-3-4-6-13(12)10-19/h3-6,11,16H,7-10H2,1-2H3. The van der Waals surface area contributed by atoms with Crippen molar-refractivity contribution in [2.24, 2.45) is 0 Å². The third-order valence-corrected chi connectivity index (χ3v) is 3.52. The van der Waals surface area contributed by atoms with Crippen molar-refractivity contribution in [2.75, 3.05) is 11.4 Å². The van der Waals surface area contributed by atoms with Crippen molar-refractivity contribution >= 4 is 6.01 Å². The van der Waals surface area contributed by atoms with Gasteiger partial charge in [0.25, 0.3) is 0 Å². The van der Waals surface area contributed by atoms with Crippen LogP contribution in [0, 0.1) is 0 Å². The maximum Gasteiger partial charge on any atom is 0.318 e. The molecule has 0 atom stereocenters. The van der Waals surface area contributed by atoms with Crippen molar-refractivity contribution in [1.82, 2.24) is 15.5 Å². The first-order chi connectivity index (χ1) is 9.72. The molecule has 1 N–H and O–H groups in total. The summed E-state index contributed by atoms with van der Waals surface area (Å²) >= 11 is 0. The van der Waals surface area contributed by atoms with Crippen LogP contribution in [-0.2, 0) is 19.5 Å². The first kappa shape index (κ1) is 13.1. The number of benzene rings is 1. The van der Waals surface area contributed by atoms with Gasteiger partial charge in [-0.3, -0.25) is 0 Å². The molecule has 0 bridgehead atoms. The number of nitrogens with zero attached hydrogens (tertiary/aromatic N) is 3. The number of hydrogen-bond donors (Lipinski definition) is 1. The highest BCUT2D eigenvalue weighted by molar-refractivity contribution is 5.37. The van der Waals surface area contributed by atoms with Gasteiger partial charge in [-0.05, 0) is 17.5 Å². The molecule has 3 rings (SSSR count). The summed E-state index contributed by atoms with van der Waals surface area (Å²) in [5.41, 5.74) is 2.77. The molecular formula is C15H20N4O. The highest BCUT2D eigenvalue weighted by Crippen LogP contribution is 2.23. The van der Waals surface area contributed by atoms with E-state index >= 15 is 0 Å². The van der Waals surface area contributed by atoms with Gasteiger partial charge in [0.1, 0.15) is 0 Å². The lowest BCUT2D eigenvalue weighted by Gasteiger charge is -2.26. The maximum atomic E-state index is 5.73. The Bertz CT molecular complexity index is 579. The highest BCUT2D eigenvalue weighted by Gasteiger charge is 2.20. The van der Waals surface area contributed by atoms with Crippen LogP contribution in [-0.4, -0.2) is 22.8 Å². The Morgan fingerprint density at radius 1 is 1.25 bits per heavy atom. The van der Waals surface area contributed by atoms with Crippen LogP contribution in [0.4, 0.5) is 6.01 Å². The summed E-state index contributed by atoms with van der Waals surface area (Å²) in [6, 6.07) is 9.56. The van der Waals surface area contributed by atoms with Gasteiger partial charge in [-0.1, -0.05) is 43.2 Å². The summed E-state index contributed by atoms with van der Waals surface area (Å²) in [5.74, 6) is 0.646. The van der Waals surface area contributed by atoms with E-state index in [0.717, 1.165) is 19.5 Å². The smallest absolute Gasteiger partial charge is 0.318 e. The van der Waals surface area contributed by atoms with Gasteiger partial charge in [-0.2, -0.15) is 0 Å². The van der Waals surface area contributed by atoms with Gasteiger partial charge in [-0.15, -0.1) is 5.10 Å². The Kier molecular flexibility index (Phi) is 3.69. The molecule has 0 aliphatic carbocycles. The zero-order chi connectivity index (χ0) is 13.9. The average Bonchev–Trinajstić information content (AvgIpc) is 2.93. The lowest BCUT2D eigenvalue weighted by Crippen LogP contribution is -2.30. The van der Waals surface area contributed by atoms with Crippen LogP contribution >= 0.6 is 0 Å². The number of nitrogens with one attached hydrogen (secondary N) is 1. The monoisotopic (exact) mass is 272 g/mol. The number of rotatable bonds is 4. The lowest BCUT2D eigenvalue weighted by atomic mass is 10.0. The number of fused-ring (bicyclic) bond motifs is 1. The molecule has 20 heavy (non-hydrogen) atoms. The van der Waals surface area contributed by atoms with Gasteiger partial charge in [0.15, 0.2) is 0 Å². The Balaban J connectivity index is 1.69. The second-order valence-corrected chi connectivity index (χ2v) is 5.45. The number of hydrogen-bond acceptors (Lipinski definition) is 5. The van der Waals surface area contributed by atoms with Gasteiger partial charge in [0.2, 0.25) is 5.89 Å². The van der Waals surface area contributed by atoms with E-state index in [1.165, 1.54) is 11.1 Å². The van der Waals surface area contributed by atoms with E-state index in [0.29, 0.717) is 24.5 Å². The van der Waals surface area contributed by atoms with Crippen molar-refractivity contribution in [3.8, 4) is 0 Å². The van der Waals surface area contributed by atoms with Crippen LogP contribution in [0.15, 0.2) is 28.7 Å². The van der Waals surface area contributed by atoms with Crippen molar-refractivity contribution in [3.05, 3.63) is 41.3 Å². The molecule has 0 radical (unpaired) electrons. The molecule has 2 aromatic rings. The molecule has 0 spiro atoms. The first-order valence-electron chi connectivity index (χ1n) is 7.10. The summed E-state index contributed by atoms with van der Waals surface area (Å²) in [5, 5.41) is 11.5. The van der Waals surface area contributed by atoms with Crippen molar-refractivity contribution in [1.29, 1.82) is 0 Å². The summed E-state index contributed by atoms with van der Waals surface area (Å²) in [6.07, 6.45) is 1.03.